The Kier molecular flexibility index (Phi) is 2.91. The van der Waals surface area contributed by atoms with Crippen molar-refractivity contribution in [2.24, 2.45) is 7.05 Å². The molecule has 0 fully saturated rings. The third-order valence-corrected chi connectivity index (χ3v) is 2.54. The molecule has 0 spiro atoms. The largest absolute Gasteiger partial charge is 0.478 e. The molecule has 1 N–H and O–H groups in total. The molecule has 0 aliphatic heterocycles. The third-order valence-electron chi connectivity index (χ3n) is 2.54. The zero-order valence-corrected chi connectivity index (χ0v) is 9.22. The predicted molar refractivity (Wildman–Crippen MR) is 59.4 cm³/mol. The maximum atomic E-state index is 13.2. The molecule has 17 heavy (non-hydrogen) atoms. The molecule has 0 atom stereocenters. The minimum atomic E-state index is -1.26. The molecule has 0 saturated heterocycles. The fourth-order valence-corrected chi connectivity index (χ4v) is 1.60. The van der Waals surface area contributed by atoms with Crippen molar-refractivity contribution in [1.29, 1.82) is 0 Å². The Bertz CT molecular complexity index is 563. The number of carboxylic acids is 1. The van der Waals surface area contributed by atoms with Crippen LogP contribution in [-0.2, 0) is 13.5 Å². The number of hydrogen-bond acceptors (Lipinski definition) is 2. The van der Waals surface area contributed by atoms with Crippen LogP contribution in [0.5, 0.6) is 0 Å². The van der Waals surface area contributed by atoms with Gasteiger partial charge in [0, 0.05) is 25.9 Å². The Labute approximate surface area is 97.3 Å². The lowest BCUT2D eigenvalue weighted by molar-refractivity contribution is 0.0691. The first kappa shape index (κ1) is 11.3. The second-order valence-electron chi connectivity index (χ2n) is 3.75. The van der Waals surface area contributed by atoms with Crippen LogP contribution in [0.25, 0.3) is 0 Å². The van der Waals surface area contributed by atoms with Gasteiger partial charge in [-0.05, 0) is 17.7 Å². The van der Waals surface area contributed by atoms with Gasteiger partial charge in [-0.25, -0.2) is 14.2 Å². The second kappa shape index (κ2) is 4.37. The van der Waals surface area contributed by atoms with Crippen LogP contribution in [0.15, 0.2) is 30.6 Å². The number of aromatic nitrogens is 2. The molecule has 4 nitrogen and oxygen atoms in total. The molecular formula is C12H11FN2O2. The smallest absolute Gasteiger partial charge is 0.338 e. The lowest BCUT2D eigenvalue weighted by Gasteiger charge is -2.04. The fourth-order valence-electron chi connectivity index (χ4n) is 1.60. The highest BCUT2D eigenvalue weighted by Gasteiger charge is 2.11. The van der Waals surface area contributed by atoms with Crippen LogP contribution >= 0.6 is 0 Å². The molecule has 5 heteroatoms. The van der Waals surface area contributed by atoms with Gasteiger partial charge in [0.25, 0.3) is 0 Å². The highest BCUT2D eigenvalue weighted by atomic mass is 19.1. The molecule has 0 unspecified atom stereocenters. The van der Waals surface area contributed by atoms with E-state index < -0.39 is 11.8 Å². The maximum absolute atomic E-state index is 13.2. The first-order chi connectivity index (χ1) is 8.08. The molecule has 0 aliphatic carbocycles. The summed E-state index contributed by atoms with van der Waals surface area (Å²) in [7, 11) is 1.85. The van der Waals surface area contributed by atoms with Crippen LogP contribution < -0.4 is 0 Å². The van der Waals surface area contributed by atoms with Gasteiger partial charge in [0.15, 0.2) is 0 Å². The molecule has 0 aliphatic rings. The van der Waals surface area contributed by atoms with E-state index in [1.165, 1.54) is 12.1 Å². The summed E-state index contributed by atoms with van der Waals surface area (Å²) >= 11 is 0. The van der Waals surface area contributed by atoms with Crippen molar-refractivity contribution in [3.63, 3.8) is 0 Å². The third kappa shape index (κ3) is 2.33. The van der Waals surface area contributed by atoms with Gasteiger partial charge in [0.2, 0.25) is 0 Å². The summed E-state index contributed by atoms with van der Waals surface area (Å²) in [4.78, 5) is 14.9. The Morgan fingerprint density at radius 1 is 1.53 bits per heavy atom. The van der Waals surface area contributed by atoms with Crippen LogP contribution in [0.1, 0.15) is 21.7 Å². The van der Waals surface area contributed by atoms with Crippen molar-refractivity contribution in [3.8, 4) is 0 Å². The number of aromatic carboxylic acids is 1. The van der Waals surface area contributed by atoms with E-state index in [9.17, 15) is 9.18 Å². The summed E-state index contributed by atoms with van der Waals surface area (Å²) < 4.78 is 15.0. The molecule has 0 saturated carbocycles. The Hall–Kier alpha value is -2.17. The van der Waals surface area contributed by atoms with E-state index in [0.29, 0.717) is 6.42 Å². The van der Waals surface area contributed by atoms with E-state index in [-0.39, 0.29) is 5.56 Å². The minimum Gasteiger partial charge on any atom is -0.478 e. The molecule has 2 aromatic rings. The fraction of sp³-hybridized carbons (Fsp3) is 0.167. The van der Waals surface area contributed by atoms with Crippen molar-refractivity contribution in [2.75, 3.05) is 0 Å². The van der Waals surface area contributed by atoms with Gasteiger partial charge in [-0.1, -0.05) is 6.07 Å². The topological polar surface area (TPSA) is 55.1 Å². The molecule has 1 aromatic carbocycles. The SMILES string of the molecule is Cn1ccnc1Cc1ccc(F)c(C(=O)O)c1. The number of imidazole rings is 1. The summed E-state index contributed by atoms with van der Waals surface area (Å²) in [5.41, 5.74) is 0.412. The molecule has 0 radical (unpaired) electrons. The number of aryl methyl sites for hydroxylation is 1. The Morgan fingerprint density at radius 3 is 2.88 bits per heavy atom. The normalized spacial score (nSPS) is 10.5. The van der Waals surface area contributed by atoms with Crippen molar-refractivity contribution < 1.29 is 14.3 Å². The molecular weight excluding hydrogens is 223 g/mol. The van der Waals surface area contributed by atoms with E-state index in [2.05, 4.69) is 4.98 Å². The summed E-state index contributed by atoms with van der Waals surface area (Å²) in [6.45, 7) is 0. The number of carbonyl (C=O) groups is 1. The summed E-state index contributed by atoms with van der Waals surface area (Å²) in [6.07, 6.45) is 3.94. The minimum absolute atomic E-state index is 0.309. The van der Waals surface area contributed by atoms with Crippen LogP contribution in [0.4, 0.5) is 4.39 Å². The molecule has 1 heterocycles. The van der Waals surface area contributed by atoms with E-state index in [4.69, 9.17) is 5.11 Å². The van der Waals surface area contributed by atoms with Crippen LogP contribution in [-0.4, -0.2) is 20.6 Å². The van der Waals surface area contributed by atoms with Gasteiger partial charge in [0.1, 0.15) is 11.6 Å². The van der Waals surface area contributed by atoms with Crippen LogP contribution in [0.3, 0.4) is 0 Å². The van der Waals surface area contributed by atoms with Crippen molar-refractivity contribution in [3.05, 3.63) is 53.4 Å². The number of carboxylic acid groups (broad SMARTS) is 1. The number of halogens is 1. The van der Waals surface area contributed by atoms with E-state index >= 15 is 0 Å². The average molecular weight is 234 g/mol. The number of rotatable bonds is 3. The summed E-state index contributed by atoms with van der Waals surface area (Å²) in [6, 6.07) is 4.07. The lowest BCUT2D eigenvalue weighted by Crippen LogP contribution is -2.04. The lowest BCUT2D eigenvalue weighted by atomic mass is 10.1. The summed E-state index contributed by atoms with van der Waals surface area (Å²) in [5.74, 6) is -1.18. The second-order valence-corrected chi connectivity index (χ2v) is 3.75. The standard InChI is InChI=1S/C12H11FN2O2/c1-15-5-4-14-11(15)7-8-2-3-10(13)9(6-8)12(16)17/h2-6H,7H2,1H3,(H,16,17). The van der Waals surface area contributed by atoms with Gasteiger partial charge >= 0.3 is 5.97 Å². The Morgan fingerprint density at radius 2 is 2.29 bits per heavy atom. The molecule has 1 aromatic heterocycles. The zero-order chi connectivity index (χ0) is 12.4. The molecule has 0 bridgehead atoms. The first-order valence-electron chi connectivity index (χ1n) is 5.06. The van der Waals surface area contributed by atoms with E-state index in [1.807, 2.05) is 11.6 Å². The predicted octanol–water partition coefficient (Wildman–Crippen LogP) is 1.85. The van der Waals surface area contributed by atoms with Gasteiger partial charge in [-0.2, -0.15) is 0 Å². The average Bonchev–Trinajstić information content (AvgIpc) is 2.67. The van der Waals surface area contributed by atoms with Crippen molar-refractivity contribution in [1.82, 2.24) is 9.55 Å². The summed E-state index contributed by atoms with van der Waals surface area (Å²) in [5, 5.41) is 8.81. The van der Waals surface area contributed by atoms with Crippen LogP contribution in [0.2, 0.25) is 0 Å². The Balaban J connectivity index is 2.32. The van der Waals surface area contributed by atoms with Gasteiger partial charge < -0.3 is 9.67 Å². The molecule has 2 rings (SSSR count). The number of benzene rings is 1. The van der Waals surface area contributed by atoms with Gasteiger partial charge in [0.05, 0.1) is 5.56 Å². The van der Waals surface area contributed by atoms with E-state index in [0.717, 1.165) is 11.4 Å². The zero-order valence-electron chi connectivity index (χ0n) is 9.22. The van der Waals surface area contributed by atoms with Crippen molar-refractivity contribution >= 4 is 5.97 Å². The highest BCUT2D eigenvalue weighted by Crippen LogP contribution is 2.13. The number of hydrogen-bond donors (Lipinski definition) is 1. The molecule has 0 amide bonds. The van der Waals surface area contributed by atoms with Gasteiger partial charge in [-0.15, -0.1) is 0 Å². The number of nitrogens with zero attached hydrogens (tertiary/aromatic N) is 2. The monoisotopic (exact) mass is 234 g/mol. The van der Waals surface area contributed by atoms with Crippen molar-refractivity contribution in [2.45, 2.75) is 6.42 Å². The van der Waals surface area contributed by atoms with E-state index in [1.54, 1.807) is 18.5 Å². The quantitative estimate of drug-likeness (QED) is 0.881. The maximum Gasteiger partial charge on any atom is 0.338 e. The first-order valence-corrected chi connectivity index (χ1v) is 5.06. The highest BCUT2D eigenvalue weighted by molar-refractivity contribution is 5.88. The van der Waals surface area contributed by atoms with Crippen LogP contribution in [0, 0.1) is 5.82 Å². The van der Waals surface area contributed by atoms with Gasteiger partial charge in [-0.3, -0.25) is 0 Å². The molecule has 88 valence electrons.